The van der Waals surface area contributed by atoms with Crippen LogP contribution in [0.15, 0.2) is 16.9 Å². The summed E-state index contributed by atoms with van der Waals surface area (Å²) in [6, 6.07) is 1.56. The molecular formula is C15H25N3O3. The number of anilines is 1. The van der Waals surface area contributed by atoms with Gasteiger partial charge in [-0.2, -0.15) is 0 Å². The molecule has 0 spiro atoms. The van der Waals surface area contributed by atoms with E-state index in [1.807, 2.05) is 6.92 Å². The molecule has 1 aromatic rings. The summed E-state index contributed by atoms with van der Waals surface area (Å²) >= 11 is 0. The lowest BCUT2D eigenvalue weighted by Gasteiger charge is -2.23. The second-order valence-electron chi connectivity index (χ2n) is 5.53. The maximum Gasteiger partial charge on any atom is 0.245 e. The van der Waals surface area contributed by atoms with Crippen LogP contribution >= 0.6 is 0 Å². The summed E-state index contributed by atoms with van der Waals surface area (Å²) in [6.45, 7) is 6.91. The van der Waals surface area contributed by atoms with E-state index in [9.17, 15) is 9.59 Å². The normalized spacial score (nSPS) is 10.7. The number of amides is 2. The first kappa shape index (κ1) is 17.2. The van der Waals surface area contributed by atoms with Crippen LogP contribution in [0.2, 0.25) is 0 Å². The molecule has 0 bridgehead atoms. The maximum atomic E-state index is 12.2. The number of nitrogens with zero attached hydrogens (tertiary/aromatic N) is 2. The molecule has 0 radical (unpaired) electrons. The van der Waals surface area contributed by atoms with Crippen molar-refractivity contribution >= 4 is 17.6 Å². The van der Waals surface area contributed by atoms with Gasteiger partial charge < -0.3 is 14.7 Å². The number of aromatic nitrogens is 1. The zero-order valence-electron chi connectivity index (χ0n) is 13.1. The van der Waals surface area contributed by atoms with Gasteiger partial charge in [0.05, 0.1) is 6.54 Å². The highest BCUT2D eigenvalue weighted by Crippen LogP contribution is 2.07. The fourth-order valence-electron chi connectivity index (χ4n) is 1.82. The molecule has 1 rings (SSSR count). The van der Waals surface area contributed by atoms with Crippen LogP contribution in [0, 0.1) is 5.92 Å². The van der Waals surface area contributed by atoms with Crippen LogP contribution in [0.5, 0.6) is 0 Å². The molecule has 0 unspecified atom stereocenters. The standard InChI is InChI=1S/C15H25N3O3/c1-4-5-6-15(20)18(9-7-12(2)3)11-14(19)16-13-8-10-21-17-13/h8,10,12H,4-7,9,11H2,1-3H3,(H,16,17,19). The highest BCUT2D eigenvalue weighted by Gasteiger charge is 2.17. The zero-order valence-corrected chi connectivity index (χ0v) is 13.1. The van der Waals surface area contributed by atoms with Crippen molar-refractivity contribution in [3.8, 4) is 0 Å². The number of hydrogen-bond acceptors (Lipinski definition) is 4. The van der Waals surface area contributed by atoms with Gasteiger partial charge >= 0.3 is 0 Å². The SMILES string of the molecule is CCCCC(=O)N(CCC(C)C)CC(=O)Nc1ccon1. The largest absolute Gasteiger partial charge is 0.363 e. The summed E-state index contributed by atoms with van der Waals surface area (Å²) in [7, 11) is 0. The van der Waals surface area contributed by atoms with Crippen LogP contribution in [0.25, 0.3) is 0 Å². The van der Waals surface area contributed by atoms with E-state index in [2.05, 4.69) is 28.8 Å². The molecule has 2 amide bonds. The van der Waals surface area contributed by atoms with Crippen molar-refractivity contribution in [2.45, 2.75) is 46.5 Å². The molecule has 0 saturated heterocycles. The Bertz CT molecular complexity index is 429. The van der Waals surface area contributed by atoms with Gasteiger partial charge in [-0.05, 0) is 18.8 Å². The van der Waals surface area contributed by atoms with Gasteiger partial charge in [-0.15, -0.1) is 0 Å². The predicted molar refractivity (Wildman–Crippen MR) is 80.7 cm³/mol. The highest BCUT2D eigenvalue weighted by molar-refractivity contribution is 5.93. The van der Waals surface area contributed by atoms with Crippen molar-refractivity contribution in [3.05, 3.63) is 12.3 Å². The summed E-state index contributed by atoms with van der Waals surface area (Å²) in [4.78, 5) is 25.8. The lowest BCUT2D eigenvalue weighted by molar-refractivity contribution is -0.135. The van der Waals surface area contributed by atoms with Crippen LogP contribution in [-0.4, -0.2) is 35.0 Å². The topological polar surface area (TPSA) is 75.4 Å². The molecule has 0 aliphatic rings. The first-order valence-corrected chi connectivity index (χ1v) is 7.51. The minimum Gasteiger partial charge on any atom is -0.363 e. The molecule has 0 aliphatic heterocycles. The van der Waals surface area contributed by atoms with Gasteiger partial charge in [0.25, 0.3) is 0 Å². The third-order valence-corrected chi connectivity index (χ3v) is 3.11. The molecule has 0 atom stereocenters. The summed E-state index contributed by atoms with van der Waals surface area (Å²) in [5.74, 6) is 0.639. The van der Waals surface area contributed by atoms with Gasteiger partial charge in [-0.3, -0.25) is 9.59 Å². The quantitative estimate of drug-likeness (QED) is 0.760. The smallest absolute Gasteiger partial charge is 0.245 e. The van der Waals surface area contributed by atoms with Crippen molar-refractivity contribution < 1.29 is 14.1 Å². The van der Waals surface area contributed by atoms with E-state index < -0.39 is 0 Å². The number of nitrogens with one attached hydrogen (secondary N) is 1. The number of rotatable bonds is 9. The fraction of sp³-hybridized carbons (Fsp3) is 0.667. The monoisotopic (exact) mass is 295 g/mol. The van der Waals surface area contributed by atoms with E-state index in [0.29, 0.717) is 24.7 Å². The number of unbranched alkanes of at least 4 members (excludes halogenated alkanes) is 1. The van der Waals surface area contributed by atoms with Crippen LogP contribution in [0.1, 0.15) is 46.5 Å². The second-order valence-corrected chi connectivity index (χ2v) is 5.53. The van der Waals surface area contributed by atoms with Gasteiger partial charge in [0.1, 0.15) is 6.26 Å². The maximum absolute atomic E-state index is 12.2. The lowest BCUT2D eigenvalue weighted by atomic mass is 10.1. The molecule has 1 N–H and O–H groups in total. The van der Waals surface area contributed by atoms with E-state index in [1.165, 1.54) is 6.26 Å². The number of carbonyl (C=O) groups excluding carboxylic acids is 2. The molecule has 1 heterocycles. The molecule has 118 valence electrons. The third kappa shape index (κ3) is 6.92. The van der Waals surface area contributed by atoms with Crippen LogP contribution in [0.4, 0.5) is 5.82 Å². The van der Waals surface area contributed by atoms with E-state index in [-0.39, 0.29) is 18.4 Å². The van der Waals surface area contributed by atoms with Gasteiger partial charge in [-0.1, -0.05) is 32.3 Å². The van der Waals surface area contributed by atoms with Gasteiger partial charge in [0.2, 0.25) is 11.8 Å². The molecule has 0 aliphatic carbocycles. The predicted octanol–water partition coefficient (Wildman–Crippen LogP) is 2.68. The van der Waals surface area contributed by atoms with Gasteiger partial charge in [0, 0.05) is 19.0 Å². The zero-order chi connectivity index (χ0) is 15.7. The average Bonchev–Trinajstić information content (AvgIpc) is 2.93. The van der Waals surface area contributed by atoms with Crippen LogP contribution in [-0.2, 0) is 9.59 Å². The van der Waals surface area contributed by atoms with E-state index in [1.54, 1.807) is 11.0 Å². The molecule has 6 nitrogen and oxygen atoms in total. The van der Waals surface area contributed by atoms with E-state index >= 15 is 0 Å². The van der Waals surface area contributed by atoms with Crippen molar-refractivity contribution in [2.24, 2.45) is 5.92 Å². The first-order valence-electron chi connectivity index (χ1n) is 7.51. The molecule has 1 aromatic heterocycles. The molecule has 6 heteroatoms. The Morgan fingerprint density at radius 1 is 1.43 bits per heavy atom. The van der Waals surface area contributed by atoms with E-state index in [4.69, 9.17) is 0 Å². The van der Waals surface area contributed by atoms with Gasteiger partial charge in [0.15, 0.2) is 5.82 Å². The Morgan fingerprint density at radius 2 is 2.19 bits per heavy atom. The molecular weight excluding hydrogens is 270 g/mol. The summed E-state index contributed by atoms with van der Waals surface area (Å²) in [6.07, 6.45) is 4.58. The van der Waals surface area contributed by atoms with Crippen molar-refractivity contribution in [1.29, 1.82) is 0 Å². The Morgan fingerprint density at radius 3 is 2.76 bits per heavy atom. The van der Waals surface area contributed by atoms with E-state index in [0.717, 1.165) is 19.3 Å². The molecule has 21 heavy (non-hydrogen) atoms. The summed E-state index contributed by atoms with van der Waals surface area (Å²) in [5, 5.41) is 6.24. The molecule has 0 fully saturated rings. The van der Waals surface area contributed by atoms with Gasteiger partial charge in [-0.25, -0.2) is 0 Å². The van der Waals surface area contributed by atoms with Crippen molar-refractivity contribution in [2.75, 3.05) is 18.4 Å². The number of hydrogen-bond donors (Lipinski definition) is 1. The van der Waals surface area contributed by atoms with Crippen LogP contribution < -0.4 is 5.32 Å². The Kier molecular flexibility index (Phi) is 7.50. The molecule has 0 aromatic carbocycles. The fourth-order valence-corrected chi connectivity index (χ4v) is 1.82. The minimum atomic E-state index is -0.252. The first-order chi connectivity index (χ1) is 10.0. The third-order valence-electron chi connectivity index (χ3n) is 3.11. The Labute approximate surface area is 125 Å². The average molecular weight is 295 g/mol. The Balaban J connectivity index is 2.53. The van der Waals surface area contributed by atoms with Crippen LogP contribution in [0.3, 0.4) is 0 Å². The lowest BCUT2D eigenvalue weighted by Crippen LogP contribution is -2.39. The number of carbonyl (C=O) groups is 2. The highest BCUT2D eigenvalue weighted by atomic mass is 16.5. The summed E-state index contributed by atoms with van der Waals surface area (Å²) in [5.41, 5.74) is 0. The molecule has 0 saturated carbocycles. The summed E-state index contributed by atoms with van der Waals surface area (Å²) < 4.78 is 4.65. The van der Waals surface area contributed by atoms with Crippen molar-refractivity contribution in [3.63, 3.8) is 0 Å². The second kappa shape index (κ2) is 9.15. The van der Waals surface area contributed by atoms with Crippen molar-refractivity contribution in [1.82, 2.24) is 10.1 Å². The Hall–Kier alpha value is -1.85. The minimum absolute atomic E-state index is 0.0350.